The zero-order valence-electron chi connectivity index (χ0n) is 6.48. The van der Waals surface area contributed by atoms with Gasteiger partial charge in [-0.15, -0.1) is 0 Å². The molecule has 0 aromatic heterocycles. The van der Waals surface area contributed by atoms with E-state index in [1.165, 1.54) is 6.42 Å². The number of hydrogen-bond donors (Lipinski definition) is 2. The fourth-order valence-electron chi connectivity index (χ4n) is 0.917. The van der Waals surface area contributed by atoms with E-state index in [4.69, 9.17) is 5.73 Å². The fourth-order valence-corrected chi connectivity index (χ4v) is 0.917. The van der Waals surface area contributed by atoms with E-state index in [1.807, 2.05) is 7.05 Å². The largest absolute Gasteiger partial charge is 0.330 e. The molecule has 2 nitrogen and oxygen atoms in total. The molecule has 0 fully saturated rings. The van der Waals surface area contributed by atoms with Crippen molar-refractivity contribution in [2.75, 3.05) is 20.1 Å². The highest BCUT2D eigenvalue weighted by molar-refractivity contribution is 4.54. The molecule has 0 aromatic rings. The first kappa shape index (κ1) is 8.92. The Hall–Kier alpha value is -0.0800. The van der Waals surface area contributed by atoms with Crippen molar-refractivity contribution in [1.29, 1.82) is 0 Å². The van der Waals surface area contributed by atoms with E-state index >= 15 is 0 Å². The molecule has 0 unspecified atom stereocenters. The second-order valence-corrected chi connectivity index (χ2v) is 2.59. The molecule has 0 saturated carbocycles. The lowest BCUT2D eigenvalue weighted by Crippen LogP contribution is -2.16. The van der Waals surface area contributed by atoms with Gasteiger partial charge < -0.3 is 11.1 Å². The minimum Gasteiger partial charge on any atom is -0.330 e. The molecule has 3 N–H and O–H groups in total. The van der Waals surface area contributed by atoms with Crippen molar-refractivity contribution in [3.8, 4) is 0 Å². The van der Waals surface area contributed by atoms with Gasteiger partial charge in [-0.2, -0.15) is 0 Å². The molecule has 0 aliphatic carbocycles. The van der Waals surface area contributed by atoms with Crippen LogP contribution in [0, 0.1) is 5.92 Å². The van der Waals surface area contributed by atoms with Crippen molar-refractivity contribution in [1.82, 2.24) is 5.32 Å². The van der Waals surface area contributed by atoms with Crippen molar-refractivity contribution in [3.05, 3.63) is 0 Å². The molecule has 0 aliphatic rings. The lowest BCUT2D eigenvalue weighted by Gasteiger charge is -2.08. The van der Waals surface area contributed by atoms with Crippen molar-refractivity contribution in [2.45, 2.75) is 19.8 Å². The van der Waals surface area contributed by atoms with Crippen LogP contribution in [0.1, 0.15) is 19.8 Å². The highest BCUT2D eigenvalue weighted by Crippen LogP contribution is 2.01. The lowest BCUT2D eigenvalue weighted by atomic mass is 10.1. The number of nitrogens with two attached hydrogens (primary N) is 1. The molecule has 0 bridgehead atoms. The third-order valence-electron chi connectivity index (χ3n) is 1.45. The van der Waals surface area contributed by atoms with Gasteiger partial charge in [-0.25, -0.2) is 0 Å². The highest BCUT2D eigenvalue weighted by atomic mass is 14.8. The van der Waals surface area contributed by atoms with Crippen LogP contribution in [-0.4, -0.2) is 20.1 Å². The number of rotatable bonds is 5. The summed E-state index contributed by atoms with van der Waals surface area (Å²) in [6, 6.07) is 0. The van der Waals surface area contributed by atoms with E-state index < -0.39 is 0 Å². The van der Waals surface area contributed by atoms with Crippen LogP contribution in [0.2, 0.25) is 0 Å². The molecular formula is C7H18N2. The molecular weight excluding hydrogens is 112 g/mol. The van der Waals surface area contributed by atoms with Crippen molar-refractivity contribution < 1.29 is 0 Å². The Morgan fingerprint density at radius 2 is 2.22 bits per heavy atom. The Kier molecular flexibility index (Phi) is 5.99. The van der Waals surface area contributed by atoms with Crippen LogP contribution in [0.4, 0.5) is 0 Å². The van der Waals surface area contributed by atoms with Crippen molar-refractivity contribution >= 4 is 0 Å². The Morgan fingerprint density at radius 3 is 2.67 bits per heavy atom. The summed E-state index contributed by atoms with van der Waals surface area (Å²) in [5, 5.41) is 3.14. The highest BCUT2D eigenvalue weighted by Gasteiger charge is 1.97. The first-order valence-electron chi connectivity index (χ1n) is 3.66. The molecule has 9 heavy (non-hydrogen) atoms. The molecule has 0 saturated heterocycles. The van der Waals surface area contributed by atoms with E-state index in [0.29, 0.717) is 0 Å². The van der Waals surface area contributed by atoms with Crippen molar-refractivity contribution in [2.24, 2.45) is 11.7 Å². The van der Waals surface area contributed by atoms with Crippen LogP contribution in [0.5, 0.6) is 0 Å². The summed E-state index contributed by atoms with van der Waals surface area (Å²) in [6.07, 6.45) is 2.40. The van der Waals surface area contributed by atoms with Gasteiger partial charge in [0, 0.05) is 0 Å². The van der Waals surface area contributed by atoms with Crippen LogP contribution >= 0.6 is 0 Å². The molecule has 0 rings (SSSR count). The first-order chi connectivity index (χ1) is 4.31. The summed E-state index contributed by atoms with van der Waals surface area (Å²) in [4.78, 5) is 0. The Bertz CT molecular complexity index is 54.9. The number of hydrogen-bond acceptors (Lipinski definition) is 2. The van der Waals surface area contributed by atoms with Crippen LogP contribution in [0.25, 0.3) is 0 Å². The predicted molar refractivity (Wildman–Crippen MR) is 41.4 cm³/mol. The van der Waals surface area contributed by atoms with Crippen molar-refractivity contribution in [3.63, 3.8) is 0 Å². The third-order valence-corrected chi connectivity index (χ3v) is 1.45. The zero-order chi connectivity index (χ0) is 7.11. The maximum absolute atomic E-state index is 5.35. The molecule has 56 valence electrons. The molecule has 0 heterocycles. The second-order valence-electron chi connectivity index (χ2n) is 2.59. The summed E-state index contributed by atoms with van der Waals surface area (Å²) in [6.45, 7) is 4.18. The Morgan fingerprint density at radius 1 is 1.56 bits per heavy atom. The molecule has 0 radical (unpaired) electrons. The third kappa shape index (κ3) is 5.80. The summed E-state index contributed by atoms with van der Waals surface area (Å²) < 4.78 is 0. The standard InChI is InChI=1S/C7H18N2/c1-7(6-9-2)4-3-5-8/h7,9H,3-6,8H2,1-2H3/t7-/m0/s1. The normalized spacial score (nSPS) is 13.7. The first-order valence-corrected chi connectivity index (χ1v) is 3.66. The summed E-state index contributed by atoms with van der Waals surface area (Å²) in [7, 11) is 1.99. The number of nitrogens with one attached hydrogen (secondary N) is 1. The Balaban J connectivity index is 2.95. The van der Waals surface area contributed by atoms with E-state index in [2.05, 4.69) is 12.2 Å². The summed E-state index contributed by atoms with van der Waals surface area (Å²) in [5.74, 6) is 0.776. The summed E-state index contributed by atoms with van der Waals surface area (Å²) >= 11 is 0. The lowest BCUT2D eigenvalue weighted by molar-refractivity contribution is 0.490. The van der Waals surface area contributed by atoms with E-state index in [0.717, 1.165) is 25.4 Å². The smallest absolute Gasteiger partial charge is 0.00262 e. The maximum atomic E-state index is 5.35. The van der Waals surface area contributed by atoms with Gasteiger partial charge in [-0.1, -0.05) is 6.92 Å². The van der Waals surface area contributed by atoms with E-state index in [-0.39, 0.29) is 0 Å². The average molecular weight is 130 g/mol. The minimum atomic E-state index is 0.776. The van der Waals surface area contributed by atoms with E-state index in [1.54, 1.807) is 0 Å². The summed E-state index contributed by atoms with van der Waals surface area (Å²) in [5.41, 5.74) is 5.35. The van der Waals surface area contributed by atoms with Gasteiger partial charge in [-0.3, -0.25) is 0 Å². The topological polar surface area (TPSA) is 38.0 Å². The molecule has 0 spiro atoms. The molecule has 0 aliphatic heterocycles. The SMILES string of the molecule is CNC[C@@H](C)CCCN. The second kappa shape index (κ2) is 6.05. The van der Waals surface area contributed by atoms with E-state index in [9.17, 15) is 0 Å². The van der Waals surface area contributed by atoms with Gasteiger partial charge in [0.1, 0.15) is 0 Å². The van der Waals surface area contributed by atoms with Crippen LogP contribution in [0.15, 0.2) is 0 Å². The zero-order valence-corrected chi connectivity index (χ0v) is 6.48. The molecule has 0 amide bonds. The molecule has 1 atom stereocenters. The van der Waals surface area contributed by atoms with Gasteiger partial charge in [0.2, 0.25) is 0 Å². The minimum absolute atomic E-state index is 0.776. The quantitative estimate of drug-likeness (QED) is 0.571. The van der Waals surface area contributed by atoms with Gasteiger partial charge in [0.05, 0.1) is 0 Å². The van der Waals surface area contributed by atoms with Gasteiger partial charge >= 0.3 is 0 Å². The maximum Gasteiger partial charge on any atom is -0.00262 e. The van der Waals surface area contributed by atoms with Crippen LogP contribution in [-0.2, 0) is 0 Å². The van der Waals surface area contributed by atoms with Crippen LogP contribution < -0.4 is 11.1 Å². The van der Waals surface area contributed by atoms with Gasteiger partial charge in [0.15, 0.2) is 0 Å². The molecule has 0 aromatic carbocycles. The van der Waals surface area contributed by atoms with Crippen LogP contribution in [0.3, 0.4) is 0 Å². The van der Waals surface area contributed by atoms with Gasteiger partial charge in [-0.05, 0) is 38.9 Å². The predicted octanol–water partition coefficient (Wildman–Crippen LogP) is 0.581. The monoisotopic (exact) mass is 130 g/mol. The fraction of sp³-hybridized carbons (Fsp3) is 1.00. The Labute approximate surface area is 57.8 Å². The molecule has 2 heteroatoms. The van der Waals surface area contributed by atoms with Gasteiger partial charge in [0.25, 0.3) is 0 Å². The average Bonchev–Trinajstić information content (AvgIpc) is 1.85.